The lowest BCUT2D eigenvalue weighted by Crippen LogP contribution is -2.32. The fraction of sp³-hybridized carbons (Fsp3) is 0.414. The van der Waals surface area contributed by atoms with E-state index in [4.69, 9.17) is 4.74 Å². The molecule has 7 heteroatoms. The van der Waals surface area contributed by atoms with Gasteiger partial charge in [-0.25, -0.2) is 0 Å². The van der Waals surface area contributed by atoms with Crippen LogP contribution in [0.25, 0.3) is 0 Å². The molecule has 1 heterocycles. The second-order valence-electron chi connectivity index (χ2n) is 8.99. The molecule has 194 valence electrons. The number of carbonyl (C=O) groups is 1. The van der Waals surface area contributed by atoms with Gasteiger partial charge in [-0.1, -0.05) is 45.2 Å². The average molecular weight is 501 g/mol. The number of ether oxygens (including phenoxy) is 1. The van der Waals surface area contributed by atoms with Gasteiger partial charge in [-0.3, -0.25) is 4.79 Å². The van der Waals surface area contributed by atoms with Crippen LogP contribution in [0.3, 0.4) is 0 Å². The third-order valence-electron chi connectivity index (χ3n) is 6.07. The van der Waals surface area contributed by atoms with Crippen LogP contribution in [-0.2, 0) is 19.3 Å². The number of hydrogen-bond acceptors (Lipinski definition) is 2. The Hall–Kier alpha value is -3.22. The summed E-state index contributed by atoms with van der Waals surface area (Å²) in [7, 11) is 0. The summed E-state index contributed by atoms with van der Waals surface area (Å²) in [5.41, 5.74) is 1.36. The molecule has 36 heavy (non-hydrogen) atoms. The summed E-state index contributed by atoms with van der Waals surface area (Å²) < 4.78 is 47.0. The summed E-state index contributed by atoms with van der Waals surface area (Å²) in [5.74, 6) is 0.672. The number of amides is 1. The topological polar surface area (TPSA) is 34.5 Å². The highest BCUT2D eigenvalue weighted by molar-refractivity contribution is 5.94. The Morgan fingerprint density at radius 1 is 0.944 bits per heavy atom. The molecule has 4 nitrogen and oxygen atoms in total. The van der Waals surface area contributed by atoms with Crippen LogP contribution >= 0.6 is 0 Å². The molecule has 0 saturated heterocycles. The summed E-state index contributed by atoms with van der Waals surface area (Å²) in [6, 6.07) is 16.4. The van der Waals surface area contributed by atoms with Crippen molar-refractivity contribution in [2.24, 2.45) is 0 Å². The number of nitrogens with zero attached hydrogens (tertiary/aromatic N) is 2. The Morgan fingerprint density at radius 3 is 2.39 bits per heavy atom. The number of unbranched alkanes of at least 4 members (excludes halogenated alkanes) is 3. The number of aromatic nitrogens is 1. The van der Waals surface area contributed by atoms with Gasteiger partial charge in [-0.05, 0) is 66.9 Å². The Balaban J connectivity index is 1.75. The van der Waals surface area contributed by atoms with Crippen LogP contribution in [-0.4, -0.2) is 28.5 Å². The standard InChI is InChI=1S/C29H35F3N2O2/c1-3-5-7-17-34(28(35)24-13-15-27(16-14-24)36-19-6-4-2)22-26-12-9-18-33(26)21-23-10-8-11-25(20-23)29(30,31)32/h8-16,18,20H,3-7,17,19,21-22H2,1-2H3. The predicted octanol–water partition coefficient (Wildman–Crippen LogP) is 7.57. The molecule has 3 rings (SSSR count). The molecule has 0 aliphatic rings. The summed E-state index contributed by atoms with van der Waals surface area (Å²) in [5, 5.41) is 0. The van der Waals surface area contributed by atoms with Crippen LogP contribution in [0.5, 0.6) is 5.75 Å². The van der Waals surface area contributed by atoms with E-state index in [1.54, 1.807) is 18.2 Å². The van der Waals surface area contributed by atoms with Crippen molar-refractivity contribution in [1.82, 2.24) is 9.47 Å². The van der Waals surface area contributed by atoms with E-state index in [0.717, 1.165) is 49.6 Å². The molecule has 0 aliphatic carbocycles. The van der Waals surface area contributed by atoms with Crippen LogP contribution in [0, 0.1) is 0 Å². The zero-order valence-corrected chi connectivity index (χ0v) is 21.1. The van der Waals surface area contributed by atoms with E-state index in [9.17, 15) is 18.0 Å². The fourth-order valence-electron chi connectivity index (χ4n) is 4.00. The number of halogens is 3. The molecule has 2 aromatic carbocycles. The van der Waals surface area contributed by atoms with Gasteiger partial charge in [0.25, 0.3) is 5.91 Å². The van der Waals surface area contributed by atoms with Crippen LogP contribution in [0.15, 0.2) is 66.9 Å². The number of carbonyl (C=O) groups excluding carboxylic acids is 1. The van der Waals surface area contributed by atoms with E-state index in [1.807, 2.05) is 39.9 Å². The lowest BCUT2D eigenvalue weighted by Gasteiger charge is -2.24. The minimum absolute atomic E-state index is 0.0713. The molecule has 0 unspecified atom stereocenters. The third-order valence-corrected chi connectivity index (χ3v) is 6.07. The number of hydrogen-bond donors (Lipinski definition) is 0. The van der Waals surface area contributed by atoms with Gasteiger partial charge in [0.05, 0.1) is 18.7 Å². The lowest BCUT2D eigenvalue weighted by atomic mass is 10.1. The SMILES string of the molecule is CCCCCN(Cc1cccn1Cc1cccc(C(F)(F)F)c1)C(=O)c1ccc(OCCCC)cc1. The molecule has 0 radical (unpaired) electrons. The van der Waals surface area contributed by atoms with E-state index in [0.29, 0.717) is 37.4 Å². The monoisotopic (exact) mass is 500 g/mol. The zero-order valence-electron chi connectivity index (χ0n) is 21.1. The minimum Gasteiger partial charge on any atom is -0.494 e. The molecule has 3 aromatic rings. The van der Waals surface area contributed by atoms with Crippen molar-refractivity contribution in [1.29, 1.82) is 0 Å². The second-order valence-corrected chi connectivity index (χ2v) is 8.99. The van der Waals surface area contributed by atoms with Gasteiger partial charge in [-0.2, -0.15) is 13.2 Å². The summed E-state index contributed by atoms with van der Waals surface area (Å²) in [4.78, 5) is 15.2. The van der Waals surface area contributed by atoms with Crippen LogP contribution < -0.4 is 4.74 Å². The first-order valence-electron chi connectivity index (χ1n) is 12.6. The van der Waals surface area contributed by atoms with E-state index in [1.165, 1.54) is 12.1 Å². The van der Waals surface area contributed by atoms with Gasteiger partial charge in [0.2, 0.25) is 0 Å². The second kappa shape index (κ2) is 13.2. The van der Waals surface area contributed by atoms with E-state index in [-0.39, 0.29) is 5.91 Å². The Labute approximate surface area is 211 Å². The lowest BCUT2D eigenvalue weighted by molar-refractivity contribution is -0.137. The quantitative estimate of drug-likeness (QED) is 0.227. The molecule has 1 aromatic heterocycles. The Morgan fingerprint density at radius 2 is 1.69 bits per heavy atom. The maximum absolute atomic E-state index is 13.4. The maximum Gasteiger partial charge on any atom is 0.416 e. The summed E-state index contributed by atoms with van der Waals surface area (Å²) >= 11 is 0. The van der Waals surface area contributed by atoms with Crippen molar-refractivity contribution in [3.05, 3.63) is 89.2 Å². The zero-order chi connectivity index (χ0) is 26.0. The van der Waals surface area contributed by atoms with Crippen LogP contribution in [0.2, 0.25) is 0 Å². The third kappa shape index (κ3) is 7.90. The van der Waals surface area contributed by atoms with Crippen molar-refractivity contribution in [3.8, 4) is 5.75 Å². The molecular formula is C29H35F3N2O2. The summed E-state index contributed by atoms with van der Waals surface area (Å²) in [6.45, 7) is 6.15. The molecule has 1 amide bonds. The van der Waals surface area contributed by atoms with Crippen molar-refractivity contribution >= 4 is 5.91 Å². The largest absolute Gasteiger partial charge is 0.494 e. The predicted molar refractivity (Wildman–Crippen MR) is 136 cm³/mol. The first-order chi connectivity index (χ1) is 17.3. The summed E-state index contributed by atoms with van der Waals surface area (Å²) in [6.07, 6.45) is 2.43. The Bertz CT molecular complexity index is 1090. The van der Waals surface area contributed by atoms with Crippen LogP contribution in [0.4, 0.5) is 13.2 Å². The number of rotatable bonds is 13. The highest BCUT2D eigenvalue weighted by Gasteiger charge is 2.30. The van der Waals surface area contributed by atoms with E-state index < -0.39 is 11.7 Å². The van der Waals surface area contributed by atoms with Gasteiger partial charge in [-0.15, -0.1) is 0 Å². The van der Waals surface area contributed by atoms with E-state index in [2.05, 4.69) is 13.8 Å². The first kappa shape index (κ1) is 27.4. The molecule has 0 atom stereocenters. The normalized spacial score (nSPS) is 11.5. The molecule has 0 spiro atoms. The molecule has 0 aliphatic heterocycles. The van der Waals surface area contributed by atoms with Crippen molar-refractivity contribution in [2.45, 2.75) is 65.2 Å². The molecule has 0 fully saturated rings. The number of alkyl halides is 3. The van der Waals surface area contributed by atoms with Crippen molar-refractivity contribution in [2.75, 3.05) is 13.2 Å². The molecular weight excluding hydrogens is 465 g/mol. The fourth-order valence-corrected chi connectivity index (χ4v) is 4.00. The highest BCUT2D eigenvalue weighted by atomic mass is 19.4. The minimum atomic E-state index is -4.38. The molecule has 0 saturated carbocycles. The first-order valence-corrected chi connectivity index (χ1v) is 12.6. The van der Waals surface area contributed by atoms with Gasteiger partial charge < -0.3 is 14.2 Å². The van der Waals surface area contributed by atoms with Gasteiger partial charge in [0.1, 0.15) is 5.75 Å². The van der Waals surface area contributed by atoms with Gasteiger partial charge >= 0.3 is 6.18 Å². The van der Waals surface area contributed by atoms with Crippen LogP contribution in [0.1, 0.15) is 73.1 Å². The maximum atomic E-state index is 13.4. The Kier molecular flexibility index (Phi) is 10.0. The van der Waals surface area contributed by atoms with E-state index >= 15 is 0 Å². The van der Waals surface area contributed by atoms with Crippen molar-refractivity contribution < 1.29 is 22.7 Å². The average Bonchev–Trinajstić information content (AvgIpc) is 3.29. The number of benzene rings is 2. The molecule has 0 bridgehead atoms. The van der Waals surface area contributed by atoms with Gasteiger partial charge in [0, 0.05) is 30.5 Å². The smallest absolute Gasteiger partial charge is 0.416 e. The van der Waals surface area contributed by atoms with Gasteiger partial charge in [0.15, 0.2) is 0 Å². The van der Waals surface area contributed by atoms with Crippen molar-refractivity contribution in [3.63, 3.8) is 0 Å². The molecule has 0 N–H and O–H groups in total. The highest BCUT2D eigenvalue weighted by Crippen LogP contribution is 2.30.